The summed E-state index contributed by atoms with van der Waals surface area (Å²) < 4.78 is 5.60. The van der Waals surface area contributed by atoms with E-state index in [0.717, 1.165) is 16.5 Å². The average Bonchev–Trinajstić information content (AvgIpc) is 2.62. The van der Waals surface area contributed by atoms with Crippen molar-refractivity contribution < 1.29 is 9.53 Å². The first-order valence-corrected chi connectivity index (χ1v) is 7.48. The zero-order chi connectivity index (χ0) is 16.8. The molecule has 0 aliphatic rings. The van der Waals surface area contributed by atoms with Crippen LogP contribution in [0.5, 0.6) is 5.75 Å². The van der Waals surface area contributed by atoms with E-state index in [-0.39, 0.29) is 12.5 Å². The maximum absolute atomic E-state index is 12.0. The number of amides is 1. The lowest BCUT2D eigenvalue weighted by Crippen LogP contribution is -2.20. The first kappa shape index (κ1) is 15.5. The minimum absolute atomic E-state index is 0.102. The van der Waals surface area contributed by atoms with E-state index in [2.05, 4.69) is 16.4 Å². The Morgan fingerprint density at radius 1 is 1.12 bits per heavy atom. The predicted octanol–water partition coefficient (Wildman–Crippen LogP) is 3.32. The number of carbonyl (C=O) groups is 1. The Hall–Kier alpha value is -3.39. The topological polar surface area (TPSA) is 75.0 Å². The van der Waals surface area contributed by atoms with Crippen LogP contribution in [0.25, 0.3) is 10.9 Å². The molecule has 0 aliphatic heterocycles. The number of hydrogen-bond acceptors (Lipinski definition) is 4. The van der Waals surface area contributed by atoms with Crippen LogP contribution < -0.4 is 10.1 Å². The molecule has 1 aromatic heterocycles. The summed E-state index contributed by atoms with van der Waals surface area (Å²) in [5.41, 5.74) is 2.31. The van der Waals surface area contributed by atoms with Gasteiger partial charge in [-0.05, 0) is 29.8 Å². The number of fused-ring (bicyclic) bond motifs is 1. The van der Waals surface area contributed by atoms with E-state index in [1.165, 1.54) is 0 Å². The summed E-state index contributed by atoms with van der Waals surface area (Å²) in [4.78, 5) is 16.3. The van der Waals surface area contributed by atoms with Gasteiger partial charge in [-0.15, -0.1) is 0 Å². The Labute approximate surface area is 139 Å². The van der Waals surface area contributed by atoms with Crippen LogP contribution in [0, 0.1) is 11.3 Å². The Morgan fingerprint density at radius 3 is 2.71 bits per heavy atom. The summed E-state index contributed by atoms with van der Waals surface area (Å²) in [6, 6.07) is 18.6. The third-order valence-corrected chi connectivity index (χ3v) is 3.48. The number of benzene rings is 2. The molecular weight excluding hydrogens is 302 g/mol. The maximum Gasteiger partial charge on any atom is 0.262 e. The molecule has 0 bridgehead atoms. The third-order valence-electron chi connectivity index (χ3n) is 3.48. The lowest BCUT2D eigenvalue weighted by atomic mass is 10.1. The molecule has 1 N–H and O–H groups in total. The van der Waals surface area contributed by atoms with E-state index in [1.807, 2.05) is 36.4 Å². The molecule has 0 aliphatic carbocycles. The second-order valence-corrected chi connectivity index (χ2v) is 5.20. The van der Waals surface area contributed by atoms with E-state index in [4.69, 9.17) is 10.00 Å². The van der Waals surface area contributed by atoms with Crippen molar-refractivity contribution in [1.82, 2.24) is 4.98 Å². The van der Waals surface area contributed by atoms with Gasteiger partial charge in [-0.3, -0.25) is 9.78 Å². The van der Waals surface area contributed by atoms with Crippen molar-refractivity contribution in [1.29, 1.82) is 5.26 Å². The molecule has 0 saturated carbocycles. The fourth-order valence-electron chi connectivity index (χ4n) is 2.33. The number of rotatable bonds is 5. The Morgan fingerprint density at radius 2 is 1.92 bits per heavy atom. The Kier molecular flexibility index (Phi) is 4.68. The summed E-state index contributed by atoms with van der Waals surface area (Å²) in [5, 5.41) is 12.4. The number of hydrogen-bond donors (Lipinski definition) is 1. The molecule has 5 nitrogen and oxygen atoms in total. The monoisotopic (exact) mass is 317 g/mol. The molecule has 3 rings (SSSR count). The number of pyridine rings is 1. The van der Waals surface area contributed by atoms with Crippen molar-refractivity contribution in [3.8, 4) is 11.8 Å². The van der Waals surface area contributed by atoms with Gasteiger partial charge in [0.2, 0.25) is 0 Å². The van der Waals surface area contributed by atoms with Gasteiger partial charge in [0.1, 0.15) is 11.3 Å². The van der Waals surface area contributed by atoms with Crippen molar-refractivity contribution in [2.24, 2.45) is 0 Å². The van der Waals surface area contributed by atoms with Gasteiger partial charge in [-0.25, -0.2) is 0 Å². The van der Waals surface area contributed by atoms with E-state index in [1.54, 1.807) is 24.4 Å². The van der Waals surface area contributed by atoms with E-state index < -0.39 is 0 Å². The average molecular weight is 317 g/mol. The summed E-state index contributed by atoms with van der Waals surface area (Å²) in [6.07, 6.45) is 2.05. The molecule has 5 heteroatoms. The van der Waals surface area contributed by atoms with Crippen molar-refractivity contribution >= 4 is 22.5 Å². The maximum atomic E-state index is 12.0. The van der Waals surface area contributed by atoms with Crippen LogP contribution in [0.1, 0.15) is 5.56 Å². The summed E-state index contributed by atoms with van der Waals surface area (Å²) in [6.45, 7) is -0.102. The molecule has 0 saturated heterocycles. The van der Waals surface area contributed by atoms with Crippen molar-refractivity contribution in [2.45, 2.75) is 6.42 Å². The van der Waals surface area contributed by atoms with Gasteiger partial charge in [0.25, 0.3) is 5.91 Å². The minimum atomic E-state index is -0.254. The highest BCUT2D eigenvalue weighted by atomic mass is 16.5. The first-order valence-electron chi connectivity index (χ1n) is 7.48. The van der Waals surface area contributed by atoms with Crippen LogP contribution >= 0.6 is 0 Å². The van der Waals surface area contributed by atoms with Gasteiger partial charge in [-0.1, -0.05) is 30.3 Å². The van der Waals surface area contributed by atoms with Gasteiger partial charge in [0, 0.05) is 17.3 Å². The van der Waals surface area contributed by atoms with Crippen LogP contribution in [-0.2, 0) is 11.2 Å². The number of aromatic nitrogens is 1. The SMILES string of the molecule is N#CCc1ccc(NC(=O)COc2cccc3cccnc23)cc1. The van der Waals surface area contributed by atoms with Crippen LogP contribution in [-0.4, -0.2) is 17.5 Å². The quantitative estimate of drug-likeness (QED) is 0.783. The lowest BCUT2D eigenvalue weighted by Gasteiger charge is -2.09. The number of ether oxygens (including phenoxy) is 1. The molecule has 3 aromatic rings. The zero-order valence-corrected chi connectivity index (χ0v) is 12.9. The second-order valence-electron chi connectivity index (χ2n) is 5.20. The highest BCUT2D eigenvalue weighted by Crippen LogP contribution is 2.22. The van der Waals surface area contributed by atoms with Crippen LogP contribution in [0.15, 0.2) is 60.8 Å². The molecule has 0 unspecified atom stereocenters. The fourth-order valence-corrected chi connectivity index (χ4v) is 2.33. The standard InChI is InChI=1S/C19H15N3O2/c20-11-10-14-6-8-16(9-7-14)22-18(23)13-24-17-5-1-3-15-4-2-12-21-19(15)17/h1-9,12H,10,13H2,(H,22,23). The molecular formula is C19H15N3O2. The molecule has 2 aromatic carbocycles. The normalized spacial score (nSPS) is 10.1. The fraction of sp³-hybridized carbons (Fsp3) is 0.105. The van der Waals surface area contributed by atoms with E-state index in [9.17, 15) is 4.79 Å². The molecule has 118 valence electrons. The number of anilines is 1. The van der Waals surface area contributed by atoms with Crippen LogP contribution in [0.2, 0.25) is 0 Å². The highest BCUT2D eigenvalue weighted by Gasteiger charge is 2.07. The molecule has 24 heavy (non-hydrogen) atoms. The number of nitrogens with zero attached hydrogens (tertiary/aromatic N) is 2. The predicted molar refractivity (Wildman–Crippen MR) is 91.6 cm³/mol. The Balaban J connectivity index is 1.62. The summed E-state index contributed by atoms with van der Waals surface area (Å²) in [7, 11) is 0. The highest BCUT2D eigenvalue weighted by molar-refractivity contribution is 5.92. The molecule has 0 atom stereocenters. The smallest absolute Gasteiger partial charge is 0.262 e. The van der Waals surface area contributed by atoms with Gasteiger partial charge in [0.15, 0.2) is 6.61 Å². The molecule has 0 spiro atoms. The molecule has 1 amide bonds. The number of carbonyl (C=O) groups excluding carboxylic acids is 1. The van der Waals surface area contributed by atoms with E-state index >= 15 is 0 Å². The number of para-hydroxylation sites is 1. The second kappa shape index (κ2) is 7.25. The van der Waals surface area contributed by atoms with Gasteiger partial charge >= 0.3 is 0 Å². The summed E-state index contributed by atoms with van der Waals surface area (Å²) >= 11 is 0. The number of nitrogens with one attached hydrogen (secondary N) is 1. The lowest BCUT2D eigenvalue weighted by molar-refractivity contribution is -0.118. The zero-order valence-electron chi connectivity index (χ0n) is 12.9. The van der Waals surface area contributed by atoms with Gasteiger partial charge in [0.05, 0.1) is 12.5 Å². The van der Waals surface area contributed by atoms with Gasteiger partial charge < -0.3 is 10.1 Å². The van der Waals surface area contributed by atoms with Crippen molar-refractivity contribution in [3.05, 3.63) is 66.4 Å². The largest absolute Gasteiger partial charge is 0.481 e. The van der Waals surface area contributed by atoms with E-state index in [0.29, 0.717) is 17.9 Å². The molecule has 0 fully saturated rings. The number of nitriles is 1. The molecule has 1 heterocycles. The van der Waals surface area contributed by atoms with Crippen molar-refractivity contribution in [3.63, 3.8) is 0 Å². The van der Waals surface area contributed by atoms with Crippen LogP contribution in [0.3, 0.4) is 0 Å². The minimum Gasteiger partial charge on any atom is -0.481 e. The third kappa shape index (κ3) is 3.68. The molecule has 0 radical (unpaired) electrons. The van der Waals surface area contributed by atoms with Crippen molar-refractivity contribution in [2.75, 3.05) is 11.9 Å². The Bertz CT molecular complexity index is 893. The van der Waals surface area contributed by atoms with Crippen LogP contribution in [0.4, 0.5) is 5.69 Å². The first-order chi connectivity index (χ1) is 11.8. The summed E-state index contributed by atoms with van der Waals surface area (Å²) in [5.74, 6) is 0.323. The van der Waals surface area contributed by atoms with Gasteiger partial charge in [-0.2, -0.15) is 5.26 Å².